The molecule has 0 radical (unpaired) electrons. The molecule has 1 N–H and O–H groups in total. The van der Waals surface area contributed by atoms with Gasteiger partial charge in [0.25, 0.3) is 5.91 Å². The highest BCUT2D eigenvalue weighted by molar-refractivity contribution is 7.15. The molecule has 1 amide bonds. The second-order valence-corrected chi connectivity index (χ2v) is 5.61. The van der Waals surface area contributed by atoms with Gasteiger partial charge in [0.05, 0.1) is 5.56 Å². The second kappa shape index (κ2) is 6.28. The standard InChI is InChI=1S/C16H13N3OS/c20-15(13-7-4-8-17-10-13)19-16-18-11-14(21-16)9-12-5-2-1-3-6-12/h1-8,10-11H,9H2,(H,18,19,20). The summed E-state index contributed by atoms with van der Waals surface area (Å²) >= 11 is 1.49. The minimum atomic E-state index is -0.191. The summed E-state index contributed by atoms with van der Waals surface area (Å²) in [6, 6.07) is 13.6. The Hall–Kier alpha value is -2.53. The van der Waals surface area contributed by atoms with E-state index in [4.69, 9.17) is 0 Å². The smallest absolute Gasteiger partial charge is 0.259 e. The second-order valence-electron chi connectivity index (χ2n) is 4.49. The zero-order valence-corrected chi connectivity index (χ0v) is 12.0. The first-order valence-corrected chi connectivity index (χ1v) is 7.33. The molecule has 0 aliphatic heterocycles. The maximum absolute atomic E-state index is 12.0. The minimum Gasteiger partial charge on any atom is -0.298 e. The quantitative estimate of drug-likeness (QED) is 0.802. The van der Waals surface area contributed by atoms with E-state index in [1.54, 1.807) is 24.5 Å². The van der Waals surface area contributed by atoms with Crippen molar-refractivity contribution in [2.75, 3.05) is 5.32 Å². The number of pyridine rings is 1. The number of rotatable bonds is 4. The normalized spacial score (nSPS) is 10.3. The number of hydrogen-bond acceptors (Lipinski definition) is 4. The van der Waals surface area contributed by atoms with Gasteiger partial charge in [-0.25, -0.2) is 4.98 Å². The van der Waals surface area contributed by atoms with E-state index < -0.39 is 0 Å². The molecular formula is C16H13N3OS. The summed E-state index contributed by atoms with van der Waals surface area (Å²) in [5.74, 6) is -0.191. The maximum Gasteiger partial charge on any atom is 0.259 e. The van der Waals surface area contributed by atoms with Crippen LogP contribution in [-0.4, -0.2) is 15.9 Å². The monoisotopic (exact) mass is 295 g/mol. The molecule has 3 aromatic rings. The highest BCUT2D eigenvalue weighted by atomic mass is 32.1. The van der Waals surface area contributed by atoms with Crippen LogP contribution in [0.2, 0.25) is 0 Å². The number of aromatic nitrogens is 2. The van der Waals surface area contributed by atoms with Crippen LogP contribution in [0.15, 0.2) is 61.1 Å². The molecule has 0 atom stereocenters. The van der Waals surface area contributed by atoms with Gasteiger partial charge in [-0.1, -0.05) is 30.3 Å². The van der Waals surface area contributed by atoms with Gasteiger partial charge in [-0.05, 0) is 17.7 Å². The van der Waals surface area contributed by atoms with Crippen molar-refractivity contribution in [1.29, 1.82) is 0 Å². The van der Waals surface area contributed by atoms with Crippen LogP contribution in [0, 0.1) is 0 Å². The fraction of sp³-hybridized carbons (Fsp3) is 0.0625. The number of nitrogens with one attached hydrogen (secondary N) is 1. The first-order chi connectivity index (χ1) is 10.3. The van der Waals surface area contributed by atoms with Crippen molar-refractivity contribution in [3.05, 3.63) is 77.1 Å². The molecular weight excluding hydrogens is 282 g/mol. The highest BCUT2D eigenvalue weighted by Gasteiger charge is 2.09. The number of carbonyl (C=O) groups is 1. The third-order valence-electron chi connectivity index (χ3n) is 2.92. The van der Waals surface area contributed by atoms with Crippen LogP contribution in [-0.2, 0) is 6.42 Å². The van der Waals surface area contributed by atoms with Gasteiger partial charge in [-0.15, -0.1) is 11.3 Å². The summed E-state index contributed by atoms with van der Waals surface area (Å²) in [6.45, 7) is 0. The van der Waals surface area contributed by atoms with Gasteiger partial charge in [0, 0.05) is 29.9 Å². The highest BCUT2D eigenvalue weighted by Crippen LogP contribution is 2.21. The van der Waals surface area contributed by atoms with E-state index in [-0.39, 0.29) is 5.91 Å². The summed E-state index contributed by atoms with van der Waals surface area (Å²) in [4.78, 5) is 21.3. The summed E-state index contributed by atoms with van der Waals surface area (Å²) < 4.78 is 0. The number of benzene rings is 1. The van der Waals surface area contributed by atoms with Gasteiger partial charge in [0.2, 0.25) is 0 Å². The number of amides is 1. The van der Waals surface area contributed by atoms with Crippen molar-refractivity contribution in [3.8, 4) is 0 Å². The number of nitrogens with zero attached hydrogens (tertiary/aromatic N) is 2. The molecule has 0 aliphatic carbocycles. The van der Waals surface area contributed by atoms with Crippen molar-refractivity contribution in [2.24, 2.45) is 0 Å². The van der Waals surface area contributed by atoms with Crippen LogP contribution in [0.4, 0.5) is 5.13 Å². The molecule has 0 spiro atoms. The van der Waals surface area contributed by atoms with E-state index in [0.29, 0.717) is 10.7 Å². The predicted molar refractivity (Wildman–Crippen MR) is 83.6 cm³/mol. The zero-order valence-electron chi connectivity index (χ0n) is 11.2. The molecule has 0 saturated carbocycles. The lowest BCUT2D eigenvalue weighted by Crippen LogP contribution is -2.11. The van der Waals surface area contributed by atoms with Crippen LogP contribution in [0.3, 0.4) is 0 Å². The maximum atomic E-state index is 12.0. The van der Waals surface area contributed by atoms with Gasteiger partial charge in [0.1, 0.15) is 0 Å². The van der Waals surface area contributed by atoms with Gasteiger partial charge in [-0.3, -0.25) is 15.1 Å². The van der Waals surface area contributed by atoms with Crippen molar-refractivity contribution in [1.82, 2.24) is 9.97 Å². The third-order valence-corrected chi connectivity index (χ3v) is 3.83. The SMILES string of the molecule is O=C(Nc1ncc(Cc2ccccc2)s1)c1cccnc1. The lowest BCUT2D eigenvalue weighted by molar-refractivity contribution is 0.102. The van der Waals surface area contributed by atoms with Gasteiger partial charge >= 0.3 is 0 Å². The molecule has 1 aromatic carbocycles. The molecule has 104 valence electrons. The molecule has 0 fully saturated rings. The van der Waals surface area contributed by atoms with Crippen LogP contribution in [0.25, 0.3) is 0 Å². The fourth-order valence-electron chi connectivity index (χ4n) is 1.91. The number of hydrogen-bond donors (Lipinski definition) is 1. The average molecular weight is 295 g/mol. The van der Waals surface area contributed by atoms with Crippen LogP contribution in [0.5, 0.6) is 0 Å². The Morgan fingerprint density at radius 1 is 1.10 bits per heavy atom. The molecule has 0 saturated heterocycles. The molecule has 2 aromatic heterocycles. The number of thiazole rings is 1. The third kappa shape index (κ3) is 3.52. The van der Waals surface area contributed by atoms with Crippen LogP contribution < -0.4 is 5.32 Å². The van der Waals surface area contributed by atoms with Crippen molar-refractivity contribution in [2.45, 2.75) is 6.42 Å². The van der Waals surface area contributed by atoms with E-state index in [1.165, 1.54) is 23.1 Å². The lowest BCUT2D eigenvalue weighted by Gasteiger charge is -2.00. The first-order valence-electron chi connectivity index (χ1n) is 6.51. The Bertz CT molecular complexity index is 726. The van der Waals surface area contributed by atoms with E-state index in [9.17, 15) is 4.79 Å². The number of anilines is 1. The molecule has 0 aliphatic rings. The summed E-state index contributed by atoms with van der Waals surface area (Å²) in [5, 5.41) is 3.40. The Morgan fingerprint density at radius 3 is 2.71 bits per heavy atom. The lowest BCUT2D eigenvalue weighted by atomic mass is 10.1. The topological polar surface area (TPSA) is 54.9 Å². The Balaban J connectivity index is 1.67. The van der Waals surface area contributed by atoms with Gasteiger partial charge in [0.15, 0.2) is 5.13 Å². The predicted octanol–water partition coefficient (Wildman–Crippen LogP) is 3.38. The minimum absolute atomic E-state index is 0.191. The fourth-order valence-corrected chi connectivity index (χ4v) is 2.75. The average Bonchev–Trinajstić information content (AvgIpc) is 2.96. The van der Waals surface area contributed by atoms with Gasteiger partial charge in [-0.2, -0.15) is 0 Å². The molecule has 2 heterocycles. The molecule has 3 rings (SSSR count). The van der Waals surface area contributed by atoms with Crippen molar-refractivity contribution >= 4 is 22.4 Å². The first kappa shape index (κ1) is 13.5. The Labute approximate surface area is 126 Å². The van der Waals surface area contributed by atoms with E-state index in [2.05, 4.69) is 27.4 Å². The molecule has 5 heteroatoms. The van der Waals surface area contributed by atoms with Gasteiger partial charge < -0.3 is 0 Å². The zero-order chi connectivity index (χ0) is 14.5. The van der Waals surface area contributed by atoms with Crippen molar-refractivity contribution < 1.29 is 4.79 Å². The van der Waals surface area contributed by atoms with Crippen LogP contribution >= 0.6 is 11.3 Å². The number of carbonyl (C=O) groups excluding carboxylic acids is 1. The largest absolute Gasteiger partial charge is 0.298 e. The van der Waals surface area contributed by atoms with Crippen molar-refractivity contribution in [3.63, 3.8) is 0 Å². The summed E-state index contributed by atoms with van der Waals surface area (Å²) in [7, 11) is 0. The van der Waals surface area contributed by atoms with E-state index >= 15 is 0 Å². The molecule has 0 unspecified atom stereocenters. The Kier molecular flexibility index (Phi) is 4.02. The van der Waals surface area contributed by atoms with Crippen LogP contribution in [0.1, 0.15) is 20.8 Å². The summed E-state index contributed by atoms with van der Waals surface area (Å²) in [6.07, 6.45) is 5.80. The molecule has 21 heavy (non-hydrogen) atoms. The molecule has 0 bridgehead atoms. The Morgan fingerprint density at radius 2 is 1.95 bits per heavy atom. The van der Waals surface area contributed by atoms with E-state index in [1.807, 2.05) is 18.2 Å². The van der Waals surface area contributed by atoms with E-state index in [0.717, 1.165) is 11.3 Å². The molecule has 4 nitrogen and oxygen atoms in total. The summed E-state index contributed by atoms with van der Waals surface area (Å²) in [5.41, 5.74) is 1.75.